The number of morpholine rings is 1. The Labute approximate surface area is 211 Å². The van der Waals surface area contributed by atoms with Gasteiger partial charge in [-0.1, -0.05) is 0 Å². The first-order valence-corrected chi connectivity index (χ1v) is 11.8. The van der Waals surface area contributed by atoms with E-state index in [0.29, 0.717) is 43.7 Å². The minimum Gasteiger partial charge on any atom is -0.492 e. The van der Waals surface area contributed by atoms with Crippen molar-refractivity contribution in [3.8, 4) is 11.8 Å². The summed E-state index contributed by atoms with van der Waals surface area (Å²) in [5, 5.41) is 9.08. The number of nitrogens with two attached hydrogens (primary N) is 1. The number of rotatable bonds is 5. The fourth-order valence-electron chi connectivity index (χ4n) is 6.04. The topological polar surface area (TPSA) is 109 Å². The molecule has 8 nitrogen and oxygen atoms in total. The zero-order chi connectivity index (χ0) is 26.8. The van der Waals surface area contributed by atoms with Gasteiger partial charge in [-0.3, -0.25) is 14.5 Å². The minimum atomic E-state index is -4.81. The molecule has 0 saturated carbocycles. The smallest absolute Gasteiger partial charge is 0.417 e. The highest BCUT2D eigenvalue weighted by atomic mass is 19.4. The molecule has 0 aliphatic carbocycles. The van der Waals surface area contributed by atoms with E-state index in [0.717, 1.165) is 11.0 Å². The highest BCUT2D eigenvalue weighted by Crippen LogP contribution is 2.55. The number of nitrogen functional groups attached to an aromatic ring is 1. The van der Waals surface area contributed by atoms with Gasteiger partial charge in [-0.2, -0.15) is 18.4 Å². The monoisotopic (exact) mass is 514 g/mol. The number of carbonyl (C=O) groups excluding carboxylic acids is 2. The summed E-state index contributed by atoms with van der Waals surface area (Å²) in [7, 11) is 0. The van der Waals surface area contributed by atoms with Crippen molar-refractivity contribution >= 4 is 23.2 Å². The van der Waals surface area contributed by atoms with Gasteiger partial charge in [0.2, 0.25) is 11.8 Å². The van der Waals surface area contributed by atoms with E-state index in [2.05, 4.69) is 4.90 Å². The molecule has 37 heavy (non-hydrogen) atoms. The van der Waals surface area contributed by atoms with Gasteiger partial charge in [-0.05, 0) is 56.3 Å². The van der Waals surface area contributed by atoms with Gasteiger partial charge in [-0.15, -0.1) is 0 Å². The molecule has 2 N–H and O–H groups in total. The predicted molar refractivity (Wildman–Crippen MR) is 126 cm³/mol. The van der Waals surface area contributed by atoms with Crippen LogP contribution in [0.25, 0.3) is 0 Å². The van der Waals surface area contributed by atoms with E-state index < -0.39 is 52.2 Å². The van der Waals surface area contributed by atoms with E-state index in [1.54, 1.807) is 38.1 Å². The van der Waals surface area contributed by atoms with Crippen LogP contribution < -0.4 is 15.4 Å². The first kappa shape index (κ1) is 25.0. The summed E-state index contributed by atoms with van der Waals surface area (Å²) in [5.41, 5.74) is 2.33. The highest BCUT2D eigenvalue weighted by Gasteiger charge is 2.71. The zero-order valence-electron chi connectivity index (χ0n) is 20.2. The van der Waals surface area contributed by atoms with Crippen LogP contribution in [0.4, 0.5) is 24.5 Å². The van der Waals surface area contributed by atoms with Crippen molar-refractivity contribution in [2.24, 2.45) is 11.8 Å². The molecule has 3 fully saturated rings. The quantitative estimate of drug-likeness (QED) is 0.482. The molecule has 2 bridgehead atoms. The van der Waals surface area contributed by atoms with Crippen LogP contribution in [-0.2, 0) is 20.5 Å². The molecule has 2 aromatic rings. The van der Waals surface area contributed by atoms with Gasteiger partial charge >= 0.3 is 6.18 Å². The van der Waals surface area contributed by atoms with Crippen molar-refractivity contribution in [3.05, 3.63) is 53.6 Å². The fourth-order valence-corrected chi connectivity index (χ4v) is 6.04. The van der Waals surface area contributed by atoms with E-state index >= 15 is 0 Å². The van der Waals surface area contributed by atoms with Crippen molar-refractivity contribution < 1.29 is 32.2 Å². The fraction of sp³-hybridized carbons (Fsp3) is 0.423. The average Bonchev–Trinajstić information content (AvgIpc) is 3.19. The van der Waals surface area contributed by atoms with Gasteiger partial charge in [0.15, 0.2) is 0 Å². The molecule has 3 saturated heterocycles. The summed E-state index contributed by atoms with van der Waals surface area (Å²) in [4.78, 5) is 30.0. The summed E-state index contributed by atoms with van der Waals surface area (Å²) in [6, 6.07) is 11.4. The van der Waals surface area contributed by atoms with Crippen LogP contribution >= 0.6 is 0 Å². The van der Waals surface area contributed by atoms with Gasteiger partial charge < -0.3 is 15.2 Å². The molecule has 4 atom stereocenters. The number of anilines is 2. The maximum atomic E-state index is 13.6. The normalized spacial score (nSPS) is 29.4. The number of nitriles is 1. The third kappa shape index (κ3) is 4.10. The number of hydrogen-bond donors (Lipinski definition) is 1. The molecule has 3 aliphatic heterocycles. The molecular formula is C26H25F3N4O4. The Morgan fingerprint density at radius 3 is 2.22 bits per heavy atom. The van der Waals surface area contributed by atoms with Gasteiger partial charge in [0.25, 0.3) is 0 Å². The largest absolute Gasteiger partial charge is 0.492 e. The second-order valence-corrected chi connectivity index (χ2v) is 10.2. The van der Waals surface area contributed by atoms with E-state index in [1.807, 2.05) is 0 Å². The highest BCUT2D eigenvalue weighted by molar-refractivity contribution is 6.23. The zero-order valence-corrected chi connectivity index (χ0v) is 20.2. The molecule has 194 valence electrons. The maximum absolute atomic E-state index is 13.6. The van der Waals surface area contributed by atoms with Gasteiger partial charge in [0.05, 0.1) is 45.9 Å². The number of hydrogen-bond acceptors (Lipinski definition) is 7. The summed E-state index contributed by atoms with van der Waals surface area (Å²) in [6.45, 7) is 5.11. The standard InChI is InChI=1S/C26H25F3N4O4/c1-24-13-32(9-10-36-18-7-4-16(31)5-8-18)14-25(2,37-24)21-20(24)22(34)33(23(21)35)17-6-3-15(12-30)19(11-17)26(27,28)29/h3-8,11,20-21H,9-10,13-14,31H2,1-2H3/t20-,21?,24+,25-/m0/s1. The van der Waals surface area contributed by atoms with Crippen LogP contribution in [0.5, 0.6) is 5.75 Å². The lowest BCUT2D eigenvalue weighted by atomic mass is 9.79. The Hall–Kier alpha value is -3.62. The number of carbonyl (C=O) groups is 2. The van der Waals surface area contributed by atoms with Crippen molar-refractivity contribution in [1.82, 2.24) is 4.90 Å². The molecule has 3 heterocycles. The van der Waals surface area contributed by atoms with Crippen LogP contribution in [0.15, 0.2) is 42.5 Å². The lowest BCUT2D eigenvalue weighted by Crippen LogP contribution is -2.58. The molecule has 2 aromatic carbocycles. The van der Waals surface area contributed by atoms with Crippen LogP contribution in [0.2, 0.25) is 0 Å². The molecule has 11 heteroatoms. The number of nitrogens with zero attached hydrogens (tertiary/aromatic N) is 3. The molecule has 0 radical (unpaired) electrons. The Bertz CT molecular complexity index is 1270. The van der Waals surface area contributed by atoms with Crippen LogP contribution in [-0.4, -0.2) is 54.2 Å². The van der Waals surface area contributed by atoms with E-state index in [-0.39, 0.29) is 5.69 Å². The third-order valence-corrected chi connectivity index (χ3v) is 7.41. The van der Waals surface area contributed by atoms with Crippen molar-refractivity contribution in [3.63, 3.8) is 0 Å². The van der Waals surface area contributed by atoms with Gasteiger partial charge in [0.1, 0.15) is 12.4 Å². The number of fused-ring (bicyclic) bond motifs is 5. The van der Waals surface area contributed by atoms with Crippen molar-refractivity contribution in [2.45, 2.75) is 31.2 Å². The number of amides is 2. The summed E-state index contributed by atoms with van der Waals surface area (Å²) in [6.07, 6.45) is -4.81. The molecule has 3 aliphatic rings. The number of halogens is 3. The molecule has 5 rings (SSSR count). The second kappa shape index (κ2) is 8.46. The van der Waals surface area contributed by atoms with Crippen molar-refractivity contribution in [1.29, 1.82) is 5.26 Å². The van der Waals surface area contributed by atoms with E-state index in [9.17, 15) is 22.8 Å². The van der Waals surface area contributed by atoms with Crippen LogP contribution in [0, 0.1) is 23.2 Å². The van der Waals surface area contributed by atoms with E-state index in [4.69, 9.17) is 20.5 Å². The first-order chi connectivity index (χ1) is 17.4. The second-order valence-electron chi connectivity index (χ2n) is 10.2. The van der Waals surface area contributed by atoms with E-state index in [1.165, 1.54) is 12.1 Å². The number of benzene rings is 2. The lowest BCUT2D eigenvalue weighted by molar-refractivity contribution is -0.169. The van der Waals surface area contributed by atoms with Crippen LogP contribution in [0.3, 0.4) is 0 Å². The maximum Gasteiger partial charge on any atom is 0.417 e. The minimum absolute atomic E-state index is 0.199. The molecule has 0 spiro atoms. The van der Waals surface area contributed by atoms with Crippen LogP contribution in [0.1, 0.15) is 25.0 Å². The van der Waals surface area contributed by atoms with Crippen molar-refractivity contribution in [2.75, 3.05) is 36.9 Å². The summed E-state index contributed by atoms with van der Waals surface area (Å²) in [5.74, 6) is -2.23. The third-order valence-electron chi connectivity index (χ3n) is 7.41. The number of ether oxygens (including phenoxy) is 2. The first-order valence-electron chi connectivity index (χ1n) is 11.8. The van der Waals surface area contributed by atoms with Gasteiger partial charge in [-0.25, -0.2) is 4.90 Å². The molecule has 0 aromatic heterocycles. The lowest BCUT2D eigenvalue weighted by Gasteiger charge is -2.45. The average molecular weight is 515 g/mol. The number of alkyl halides is 3. The Kier molecular flexibility index (Phi) is 5.73. The Morgan fingerprint density at radius 1 is 1.08 bits per heavy atom. The molecule has 1 unspecified atom stereocenters. The molecule has 2 amide bonds. The number of likely N-dealkylation sites (tertiary alicyclic amines) is 1. The SMILES string of the molecule is C[C@]12CN(CCOc3ccc(N)cc3)C[C@](C)(O1)C1C(=O)N(c3ccc(C#N)c(C(F)(F)F)c3)C(=O)[C@H]12. The predicted octanol–water partition coefficient (Wildman–Crippen LogP) is 3.21. The van der Waals surface area contributed by atoms with Gasteiger partial charge in [0, 0.05) is 25.3 Å². The summed E-state index contributed by atoms with van der Waals surface area (Å²) >= 11 is 0. The summed E-state index contributed by atoms with van der Waals surface area (Å²) < 4.78 is 52.7. The molecular weight excluding hydrogens is 489 g/mol. The Morgan fingerprint density at radius 2 is 1.68 bits per heavy atom. The Balaban J connectivity index is 1.37. The number of imide groups is 1.